The van der Waals surface area contributed by atoms with Crippen LogP contribution in [0.2, 0.25) is 0 Å². The van der Waals surface area contributed by atoms with Crippen molar-refractivity contribution in [3.8, 4) is 11.4 Å². The molecule has 0 aliphatic carbocycles. The van der Waals surface area contributed by atoms with E-state index in [-0.39, 0.29) is 5.48 Å². The SMILES string of the molecule is O.On1cccc2ccnc1-2. The van der Waals surface area contributed by atoms with Gasteiger partial charge in [-0.15, -0.1) is 0 Å². The maximum absolute atomic E-state index is 9.11. The van der Waals surface area contributed by atoms with Crippen LogP contribution >= 0.6 is 0 Å². The number of rotatable bonds is 0. The maximum Gasteiger partial charge on any atom is 0.175 e. The molecular formula is C7H8N2O2. The summed E-state index contributed by atoms with van der Waals surface area (Å²) in [6.07, 6.45) is 3.22. The Morgan fingerprint density at radius 2 is 2.18 bits per heavy atom. The molecule has 3 N–H and O–H groups in total. The minimum atomic E-state index is 0. The van der Waals surface area contributed by atoms with Gasteiger partial charge in [0.1, 0.15) is 0 Å². The molecule has 0 atom stereocenters. The van der Waals surface area contributed by atoms with Gasteiger partial charge in [-0.2, -0.15) is 4.73 Å². The third-order valence-electron chi connectivity index (χ3n) is 1.43. The predicted molar refractivity (Wildman–Crippen MR) is 39.6 cm³/mol. The van der Waals surface area contributed by atoms with Gasteiger partial charge in [-0.05, 0) is 18.2 Å². The molecule has 58 valence electrons. The zero-order valence-corrected chi connectivity index (χ0v) is 5.73. The van der Waals surface area contributed by atoms with E-state index in [0.29, 0.717) is 5.82 Å². The molecule has 0 spiro atoms. The van der Waals surface area contributed by atoms with Gasteiger partial charge in [0.25, 0.3) is 0 Å². The van der Waals surface area contributed by atoms with Gasteiger partial charge in [-0.1, -0.05) is 0 Å². The van der Waals surface area contributed by atoms with E-state index < -0.39 is 0 Å². The summed E-state index contributed by atoms with van der Waals surface area (Å²) in [5, 5.41) is 9.11. The highest BCUT2D eigenvalue weighted by Gasteiger charge is 2.04. The van der Waals surface area contributed by atoms with Crippen molar-refractivity contribution in [3.63, 3.8) is 0 Å². The number of pyridine rings is 1. The number of nitrogens with zero attached hydrogens (tertiary/aromatic N) is 2. The predicted octanol–water partition coefficient (Wildman–Crippen LogP) is 0.400. The number of hydrogen-bond acceptors (Lipinski definition) is 2. The Bertz CT molecular complexity index is 318. The Morgan fingerprint density at radius 1 is 1.36 bits per heavy atom. The maximum atomic E-state index is 9.11. The van der Waals surface area contributed by atoms with Gasteiger partial charge in [0.15, 0.2) is 5.82 Å². The summed E-state index contributed by atoms with van der Waals surface area (Å²) in [6.45, 7) is 0. The van der Waals surface area contributed by atoms with Crippen LogP contribution in [-0.2, 0) is 0 Å². The summed E-state index contributed by atoms with van der Waals surface area (Å²) in [5.41, 5.74) is 0.949. The van der Waals surface area contributed by atoms with E-state index >= 15 is 0 Å². The molecule has 11 heavy (non-hydrogen) atoms. The van der Waals surface area contributed by atoms with E-state index in [4.69, 9.17) is 5.21 Å². The standard InChI is InChI=1S/C7H6N2O.H2O/c10-9-5-1-2-6-3-4-8-7(6)9;/h1-5,10H;1H2. The molecule has 0 aromatic carbocycles. The van der Waals surface area contributed by atoms with Crippen molar-refractivity contribution in [1.29, 1.82) is 0 Å². The lowest BCUT2D eigenvalue weighted by Gasteiger charge is -2.00. The van der Waals surface area contributed by atoms with Crippen molar-refractivity contribution in [1.82, 2.24) is 9.71 Å². The molecule has 0 saturated carbocycles. The van der Waals surface area contributed by atoms with E-state index in [0.717, 1.165) is 10.3 Å². The van der Waals surface area contributed by atoms with E-state index in [9.17, 15) is 0 Å². The van der Waals surface area contributed by atoms with Gasteiger partial charge in [0, 0.05) is 18.0 Å². The van der Waals surface area contributed by atoms with Gasteiger partial charge in [0.2, 0.25) is 0 Å². The largest absolute Gasteiger partial charge is 0.427 e. The lowest BCUT2D eigenvalue weighted by molar-refractivity contribution is 0.187. The van der Waals surface area contributed by atoms with Gasteiger partial charge >= 0.3 is 0 Å². The second-order valence-corrected chi connectivity index (χ2v) is 2.08. The average Bonchev–Trinajstić information content (AvgIpc) is 2.36. The summed E-state index contributed by atoms with van der Waals surface area (Å²) in [7, 11) is 0. The van der Waals surface area contributed by atoms with Crippen LogP contribution < -0.4 is 0 Å². The summed E-state index contributed by atoms with van der Waals surface area (Å²) in [5.74, 6) is 0.600. The fourth-order valence-corrected chi connectivity index (χ4v) is 0.958. The molecule has 0 amide bonds. The molecule has 0 radical (unpaired) electrons. The first kappa shape index (κ1) is 7.56. The van der Waals surface area contributed by atoms with Crippen LogP contribution in [0, 0.1) is 0 Å². The van der Waals surface area contributed by atoms with E-state index in [1.54, 1.807) is 18.5 Å². The van der Waals surface area contributed by atoms with Crippen molar-refractivity contribution in [3.05, 3.63) is 30.6 Å². The summed E-state index contributed by atoms with van der Waals surface area (Å²) in [6, 6.07) is 5.52. The molecule has 0 unspecified atom stereocenters. The van der Waals surface area contributed by atoms with Crippen molar-refractivity contribution >= 4 is 0 Å². The highest BCUT2D eigenvalue weighted by molar-refractivity contribution is 5.56. The molecule has 2 heterocycles. The highest BCUT2D eigenvalue weighted by atomic mass is 16.5. The third kappa shape index (κ3) is 1.03. The second-order valence-electron chi connectivity index (χ2n) is 2.08. The smallest absolute Gasteiger partial charge is 0.175 e. The van der Waals surface area contributed by atoms with Crippen LogP contribution in [0.15, 0.2) is 30.6 Å². The van der Waals surface area contributed by atoms with E-state index in [1.165, 1.54) is 0 Å². The van der Waals surface area contributed by atoms with Crippen molar-refractivity contribution in [2.75, 3.05) is 0 Å². The third-order valence-corrected chi connectivity index (χ3v) is 1.43. The van der Waals surface area contributed by atoms with Crippen molar-refractivity contribution in [2.45, 2.75) is 0 Å². The minimum Gasteiger partial charge on any atom is -0.427 e. The average molecular weight is 152 g/mol. The summed E-state index contributed by atoms with van der Waals surface area (Å²) >= 11 is 0. The second kappa shape index (κ2) is 2.59. The Kier molecular flexibility index (Phi) is 1.78. The van der Waals surface area contributed by atoms with E-state index in [1.807, 2.05) is 12.1 Å². The molecule has 0 aromatic rings. The molecule has 4 nitrogen and oxygen atoms in total. The Hall–Kier alpha value is -1.55. The van der Waals surface area contributed by atoms with Crippen molar-refractivity contribution < 1.29 is 10.7 Å². The topological polar surface area (TPSA) is 69.6 Å². The Labute approximate surface area is 63.3 Å². The lowest BCUT2D eigenvalue weighted by Crippen LogP contribution is -1.96. The fraction of sp³-hybridized carbons (Fsp3) is 0. The van der Waals surface area contributed by atoms with Crippen LogP contribution in [-0.4, -0.2) is 20.4 Å². The molecule has 0 fully saturated rings. The number of hydrogen-bond donors (Lipinski definition) is 1. The molecule has 2 rings (SSSR count). The number of fused-ring (bicyclic) bond motifs is 1. The minimum absolute atomic E-state index is 0. The van der Waals surface area contributed by atoms with Crippen LogP contribution in [0.1, 0.15) is 0 Å². The first-order valence-electron chi connectivity index (χ1n) is 2.99. The highest BCUT2D eigenvalue weighted by Crippen LogP contribution is 2.16. The van der Waals surface area contributed by atoms with Crippen LogP contribution in [0.25, 0.3) is 11.4 Å². The lowest BCUT2D eigenvalue weighted by atomic mass is 10.3. The van der Waals surface area contributed by atoms with Crippen LogP contribution in [0.5, 0.6) is 0 Å². The van der Waals surface area contributed by atoms with Crippen LogP contribution in [0.3, 0.4) is 0 Å². The molecule has 2 aliphatic heterocycles. The fourth-order valence-electron chi connectivity index (χ4n) is 0.958. The normalized spacial score (nSPS) is 9.45. The monoisotopic (exact) mass is 152 g/mol. The number of aromatic nitrogens is 2. The zero-order chi connectivity index (χ0) is 6.97. The first-order chi connectivity index (χ1) is 4.88. The molecular weight excluding hydrogens is 144 g/mol. The van der Waals surface area contributed by atoms with Crippen molar-refractivity contribution in [2.24, 2.45) is 0 Å². The summed E-state index contributed by atoms with van der Waals surface area (Å²) in [4.78, 5) is 3.93. The van der Waals surface area contributed by atoms with Gasteiger partial charge < -0.3 is 10.7 Å². The zero-order valence-electron chi connectivity index (χ0n) is 5.73. The van der Waals surface area contributed by atoms with Gasteiger partial charge in [-0.3, -0.25) is 0 Å². The van der Waals surface area contributed by atoms with Gasteiger partial charge in [-0.25, -0.2) is 4.98 Å². The molecule has 0 aromatic heterocycles. The molecule has 4 heteroatoms. The molecule has 0 bridgehead atoms. The quantitative estimate of drug-likeness (QED) is 0.555. The Morgan fingerprint density at radius 3 is 2.91 bits per heavy atom. The van der Waals surface area contributed by atoms with E-state index in [2.05, 4.69) is 4.98 Å². The first-order valence-corrected chi connectivity index (χ1v) is 2.99. The molecule has 2 aliphatic rings. The summed E-state index contributed by atoms with van der Waals surface area (Å²) < 4.78 is 1.01. The molecule has 0 saturated heterocycles. The van der Waals surface area contributed by atoms with Gasteiger partial charge in [0.05, 0.1) is 0 Å². The van der Waals surface area contributed by atoms with Crippen LogP contribution in [0.4, 0.5) is 0 Å². The Balaban J connectivity index is 0.000000605.